The molecular weight excluding hydrogens is 468 g/mol. The van der Waals surface area contributed by atoms with Crippen LogP contribution in [0, 0.1) is 6.92 Å². The topological polar surface area (TPSA) is 77.1 Å². The van der Waals surface area contributed by atoms with Crippen LogP contribution in [0.15, 0.2) is 60.7 Å². The number of hydrogen-bond donors (Lipinski definition) is 1. The van der Waals surface area contributed by atoms with Crippen molar-refractivity contribution in [3.8, 4) is 17.2 Å². The first kappa shape index (κ1) is 26.1. The summed E-state index contributed by atoms with van der Waals surface area (Å²) in [6.07, 6.45) is 2.01. The van der Waals surface area contributed by atoms with E-state index in [-0.39, 0.29) is 18.2 Å². The Labute approximate surface area is 218 Å². The second kappa shape index (κ2) is 11.8. The van der Waals surface area contributed by atoms with Gasteiger partial charge >= 0.3 is 0 Å². The number of nitrogens with one attached hydrogen (secondary N) is 1. The Hall–Kier alpha value is -4.00. The maximum atomic E-state index is 12.9. The molecule has 194 valence electrons. The quantitative estimate of drug-likeness (QED) is 0.457. The minimum absolute atomic E-state index is 0.113. The molecule has 0 bridgehead atoms. The molecular formula is C30H34N2O5. The predicted molar refractivity (Wildman–Crippen MR) is 144 cm³/mol. The molecule has 1 aliphatic heterocycles. The van der Waals surface area contributed by atoms with E-state index in [9.17, 15) is 9.59 Å². The van der Waals surface area contributed by atoms with Crippen molar-refractivity contribution < 1.29 is 23.8 Å². The molecule has 7 nitrogen and oxygen atoms in total. The highest BCUT2D eigenvalue weighted by Crippen LogP contribution is 2.38. The summed E-state index contributed by atoms with van der Waals surface area (Å²) in [4.78, 5) is 27.6. The molecule has 0 aliphatic carbocycles. The molecule has 0 spiro atoms. The number of piperidine rings is 1. The van der Waals surface area contributed by atoms with Crippen molar-refractivity contribution in [2.24, 2.45) is 0 Å². The molecule has 1 saturated heterocycles. The first-order chi connectivity index (χ1) is 17.9. The summed E-state index contributed by atoms with van der Waals surface area (Å²) in [7, 11) is 4.65. The first-order valence-electron chi connectivity index (χ1n) is 12.5. The molecule has 3 aromatic carbocycles. The molecule has 1 fully saturated rings. The van der Waals surface area contributed by atoms with Gasteiger partial charge in [-0.05, 0) is 72.7 Å². The number of rotatable bonds is 8. The van der Waals surface area contributed by atoms with Crippen molar-refractivity contribution in [3.63, 3.8) is 0 Å². The summed E-state index contributed by atoms with van der Waals surface area (Å²) in [6.45, 7) is 3.46. The fraction of sp³-hybridized carbons (Fsp3) is 0.333. The number of carbonyl (C=O) groups excluding carboxylic acids is 2. The van der Waals surface area contributed by atoms with Crippen LogP contribution in [-0.4, -0.2) is 51.1 Å². The number of ether oxygens (including phenoxy) is 3. The molecule has 1 N–H and O–H groups in total. The van der Waals surface area contributed by atoms with Gasteiger partial charge in [-0.25, -0.2) is 0 Å². The number of likely N-dealkylation sites (tertiary alicyclic amines) is 1. The number of benzene rings is 3. The van der Waals surface area contributed by atoms with Gasteiger partial charge in [0.25, 0.3) is 5.91 Å². The van der Waals surface area contributed by atoms with E-state index < -0.39 is 0 Å². The number of amides is 2. The van der Waals surface area contributed by atoms with Gasteiger partial charge in [0, 0.05) is 24.3 Å². The number of hydrogen-bond acceptors (Lipinski definition) is 5. The van der Waals surface area contributed by atoms with Gasteiger partial charge < -0.3 is 24.4 Å². The fourth-order valence-corrected chi connectivity index (χ4v) is 4.87. The summed E-state index contributed by atoms with van der Waals surface area (Å²) < 4.78 is 16.1. The Bertz CT molecular complexity index is 1220. The molecule has 0 unspecified atom stereocenters. The number of methoxy groups -OCH3 is 3. The van der Waals surface area contributed by atoms with Crippen molar-refractivity contribution in [3.05, 3.63) is 82.9 Å². The van der Waals surface area contributed by atoms with Crippen molar-refractivity contribution in [1.29, 1.82) is 0 Å². The molecule has 1 aliphatic rings. The molecule has 3 aromatic rings. The molecule has 7 heteroatoms. The standard InChI is InChI=1S/C30H34N2O5/c1-20-7-5-6-8-25(20)30(34)32-15-13-23(14-16-32)22-9-11-24(12-10-22)31-28(33)19-21-17-26(35-2)29(37-4)27(18-21)36-3/h5-12,17-18,23H,13-16,19H2,1-4H3,(H,31,33). The Morgan fingerprint density at radius 2 is 1.51 bits per heavy atom. The average Bonchev–Trinajstić information content (AvgIpc) is 2.92. The summed E-state index contributed by atoms with van der Waals surface area (Å²) in [6, 6.07) is 19.3. The SMILES string of the molecule is COc1cc(CC(=O)Nc2ccc(C3CCN(C(=O)c4ccccc4C)CC3)cc2)cc(OC)c1OC. The highest BCUT2D eigenvalue weighted by Gasteiger charge is 2.25. The maximum absolute atomic E-state index is 12.9. The molecule has 4 rings (SSSR count). The monoisotopic (exact) mass is 502 g/mol. The van der Waals surface area contributed by atoms with Crippen molar-refractivity contribution >= 4 is 17.5 Å². The van der Waals surface area contributed by atoms with Crippen LogP contribution in [0.5, 0.6) is 17.2 Å². The van der Waals surface area contributed by atoms with Gasteiger partial charge in [-0.2, -0.15) is 0 Å². The third-order valence-electron chi connectivity index (χ3n) is 6.91. The van der Waals surface area contributed by atoms with Crippen LogP contribution in [0.25, 0.3) is 0 Å². The fourth-order valence-electron chi connectivity index (χ4n) is 4.87. The van der Waals surface area contributed by atoms with E-state index >= 15 is 0 Å². The zero-order chi connectivity index (χ0) is 26.4. The van der Waals surface area contributed by atoms with E-state index in [1.807, 2.05) is 48.2 Å². The van der Waals surface area contributed by atoms with E-state index in [4.69, 9.17) is 14.2 Å². The maximum Gasteiger partial charge on any atom is 0.254 e. The lowest BCUT2D eigenvalue weighted by atomic mass is 9.89. The van der Waals surface area contributed by atoms with E-state index in [2.05, 4.69) is 17.4 Å². The number of nitrogens with zero attached hydrogens (tertiary/aromatic N) is 1. The van der Waals surface area contributed by atoms with Crippen LogP contribution in [0.3, 0.4) is 0 Å². The lowest BCUT2D eigenvalue weighted by Crippen LogP contribution is -2.38. The van der Waals surface area contributed by atoms with Crippen molar-refractivity contribution in [2.75, 3.05) is 39.7 Å². The van der Waals surface area contributed by atoms with Crippen LogP contribution >= 0.6 is 0 Å². The Kier molecular flexibility index (Phi) is 8.33. The van der Waals surface area contributed by atoms with Gasteiger partial charge in [-0.1, -0.05) is 30.3 Å². The van der Waals surface area contributed by atoms with Gasteiger partial charge in [0.2, 0.25) is 11.7 Å². The zero-order valence-electron chi connectivity index (χ0n) is 21.9. The number of aryl methyl sites for hydroxylation is 1. The van der Waals surface area contributed by atoms with Gasteiger partial charge in [-0.15, -0.1) is 0 Å². The van der Waals surface area contributed by atoms with E-state index in [1.165, 1.54) is 5.56 Å². The van der Waals surface area contributed by atoms with Gasteiger partial charge in [0.15, 0.2) is 11.5 Å². The van der Waals surface area contributed by atoms with E-state index in [0.717, 1.165) is 48.3 Å². The van der Waals surface area contributed by atoms with Crippen molar-refractivity contribution in [2.45, 2.75) is 32.1 Å². The highest BCUT2D eigenvalue weighted by atomic mass is 16.5. The van der Waals surface area contributed by atoms with E-state index in [1.54, 1.807) is 33.5 Å². The lowest BCUT2D eigenvalue weighted by molar-refractivity contribution is -0.115. The molecule has 0 aromatic heterocycles. The molecule has 0 radical (unpaired) electrons. The van der Waals surface area contributed by atoms with Crippen LogP contribution in [0.4, 0.5) is 5.69 Å². The first-order valence-corrected chi connectivity index (χ1v) is 12.5. The van der Waals surface area contributed by atoms with Gasteiger partial charge in [-0.3, -0.25) is 9.59 Å². The molecule has 37 heavy (non-hydrogen) atoms. The van der Waals surface area contributed by atoms with Crippen LogP contribution in [0.2, 0.25) is 0 Å². The summed E-state index contributed by atoms with van der Waals surface area (Å²) in [5.74, 6) is 1.90. The number of carbonyl (C=O) groups is 2. The Morgan fingerprint density at radius 1 is 0.892 bits per heavy atom. The second-order valence-electron chi connectivity index (χ2n) is 9.26. The molecule has 0 atom stereocenters. The highest BCUT2D eigenvalue weighted by molar-refractivity contribution is 5.95. The average molecular weight is 503 g/mol. The van der Waals surface area contributed by atoms with Gasteiger partial charge in [0.1, 0.15) is 0 Å². The third-order valence-corrected chi connectivity index (χ3v) is 6.91. The lowest BCUT2D eigenvalue weighted by Gasteiger charge is -2.32. The van der Waals surface area contributed by atoms with Crippen LogP contribution in [-0.2, 0) is 11.2 Å². The Balaban J connectivity index is 1.33. The van der Waals surface area contributed by atoms with Crippen LogP contribution in [0.1, 0.15) is 45.8 Å². The smallest absolute Gasteiger partial charge is 0.254 e. The summed E-state index contributed by atoms with van der Waals surface area (Å²) in [5, 5.41) is 2.96. The molecule has 1 heterocycles. The predicted octanol–water partition coefficient (Wildman–Crippen LogP) is 5.22. The zero-order valence-corrected chi connectivity index (χ0v) is 21.9. The van der Waals surface area contributed by atoms with Crippen LogP contribution < -0.4 is 19.5 Å². The second-order valence-corrected chi connectivity index (χ2v) is 9.26. The molecule has 0 saturated carbocycles. The molecule has 2 amide bonds. The minimum Gasteiger partial charge on any atom is -0.493 e. The van der Waals surface area contributed by atoms with Crippen molar-refractivity contribution in [1.82, 2.24) is 4.90 Å². The summed E-state index contributed by atoms with van der Waals surface area (Å²) in [5.41, 5.74) is 4.53. The third kappa shape index (κ3) is 6.05. The Morgan fingerprint density at radius 3 is 2.08 bits per heavy atom. The normalized spacial score (nSPS) is 13.7. The largest absolute Gasteiger partial charge is 0.493 e. The minimum atomic E-state index is -0.134. The van der Waals surface area contributed by atoms with Gasteiger partial charge in [0.05, 0.1) is 27.8 Å². The summed E-state index contributed by atoms with van der Waals surface area (Å²) >= 11 is 0. The van der Waals surface area contributed by atoms with E-state index in [0.29, 0.717) is 23.2 Å². The number of anilines is 1.